The van der Waals surface area contributed by atoms with Crippen LogP contribution in [0.15, 0.2) is 18.2 Å². The van der Waals surface area contributed by atoms with Crippen LogP contribution in [-0.2, 0) is 6.54 Å². The number of hydrogen-bond acceptors (Lipinski definition) is 1. The standard InChI is InChI=1S/C15H21ClFN/c1-11-8-14(17)6-5-13(11)10-18-7-3-4-15(18)9-12(2)16/h5-6,8,12,15H,3-4,7,9-10H2,1-2H3. The minimum absolute atomic E-state index is 0.149. The van der Waals surface area contributed by atoms with Crippen molar-refractivity contribution in [3.63, 3.8) is 0 Å². The van der Waals surface area contributed by atoms with Gasteiger partial charge in [-0.25, -0.2) is 4.39 Å². The van der Waals surface area contributed by atoms with E-state index in [1.165, 1.54) is 18.4 Å². The Labute approximate surface area is 114 Å². The summed E-state index contributed by atoms with van der Waals surface area (Å²) in [5.74, 6) is -0.149. The Morgan fingerprint density at radius 1 is 1.50 bits per heavy atom. The predicted molar refractivity (Wildman–Crippen MR) is 74.5 cm³/mol. The van der Waals surface area contributed by atoms with Crippen molar-refractivity contribution in [2.75, 3.05) is 6.54 Å². The average Bonchev–Trinajstić information content (AvgIpc) is 2.69. The average molecular weight is 270 g/mol. The van der Waals surface area contributed by atoms with E-state index in [-0.39, 0.29) is 11.2 Å². The molecule has 0 saturated carbocycles. The van der Waals surface area contributed by atoms with Crippen molar-refractivity contribution in [2.45, 2.75) is 51.1 Å². The highest BCUT2D eigenvalue weighted by Gasteiger charge is 2.25. The molecule has 2 atom stereocenters. The molecule has 0 spiro atoms. The number of nitrogens with zero attached hydrogens (tertiary/aromatic N) is 1. The number of hydrogen-bond donors (Lipinski definition) is 0. The number of alkyl halides is 1. The Morgan fingerprint density at radius 3 is 2.94 bits per heavy atom. The maximum atomic E-state index is 13.1. The number of likely N-dealkylation sites (tertiary alicyclic amines) is 1. The highest BCUT2D eigenvalue weighted by atomic mass is 35.5. The fraction of sp³-hybridized carbons (Fsp3) is 0.600. The summed E-state index contributed by atoms with van der Waals surface area (Å²) in [6.45, 7) is 6.08. The van der Waals surface area contributed by atoms with Crippen LogP contribution in [0.5, 0.6) is 0 Å². The molecule has 1 aromatic rings. The van der Waals surface area contributed by atoms with E-state index in [1.807, 2.05) is 13.0 Å². The lowest BCUT2D eigenvalue weighted by Crippen LogP contribution is -2.30. The molecule has 1 fully saturated rings. The van der Waals surface area contributed by atoms with E-state index in [2.05, 4.69) is 11.8 Å². The number of halogens is 2. The summed E-state index contributed by atoms with van der Waals surface area (Å²) in [5.41, 5.74) is 2.27. The van der Waals surface area contributed by atoms with Crippen molar-refractivity contribution in [2.24, 2.45) is 0 Å². The highest BCUT2D eigenvalue weighted by Crippen LogP contribution is 2.25. The van der Waals surface area contributed by atoms with Crippen LogP contribution in [0.25, 0.3) is 0 Å². The molecule has 18 heavy (non-hydrogen) atoms. The number of benzene rings is 1. The zero-order valence-electron chi connectivity index (χ0n) is 11.1. The summed E-state index contributed by atoms with van der Waals surface area (Å²) >= 11 is 6.10. The molecule has 2 unspecified atom stereocenters. The van der Waals surface area contributed by atoms with Crippen LogP contribution in [0.4, 0.5) is 4.39 Å². The maximum absolute atomic E-state index is 13.1. The Bertz CT molecular complexity index is 405. The van der Waals surface area contributed by atoms with Gasteiger partial charge in [-0.3, -0.25) is 4.90 Å². The summed E-state index contributed by atoms with van der Waals surface area (Å²) < 4.78 is 13.1. The number of aryl methyl sites for hydroxylation is 1. The first-order chi connectivity index (χ1) is 8.56. The van der Waals surface area contributed by atoms with E-state index >= 15 is 0 Å². The second-order valence-corrected chi connectivity index (χ2v) is 6.10. The first-order valence-corrected chi connectivity index (χ1v) is 7.13. The van der Waals surface area contributed by atoms with Gasteiger partial charge in [-0.05, 0) is 62.9 Å². The molecule has 3 heteroatoms. The Kier molecular flexibility index (Phi) is 4.63. The fourth-order valence-corrected chi connectivity index (χ4v) is 3.01. The SMILES string of the molecule is Cc1cc(F)ccc1CN1CCCC1CC(C)Cl. The highest BCUT2D eigenvalue weighted by molar-refractivity contribution is 6.20. The lowest BCUT2D eigenvalue weighted by Gasteiger charge is -2.26. The molecule has 1 nitrogen and oxygen atoms in total. The van der Waals surface area contributed by atoms with Gasteiger partial charge in [-0.15, -0.1) is 11.6 Å². The molecule has 0 amide bonds. The molecule has 1 aromatic carbocycles. The van der Waals surface area contributed by atoms with Crippen molar-refractivity contribution in [3.8, 4) is 0 Å². The fourth-order valence-electron chi connectivity index (χ4n) is 2.80. The molecule has 0 N–H and O–H groups in total. The van der Waals surface area contributed by atoms with Crippen LogP contribution in [0.2, 0.25) is 0 Å². The zero-order valence-corrected chi connectivity index (χ0v) is 11.9. The molecule has 100 valence electrons. The van der Waals surface area contributed by atoms with Crippen molar-refractivity contribution >= 4 is 11.6 Å². The molecular weight excluding hydrogens is 249 g/mol. The largest absolute Gasteiger partial charge is 0.296 e. The summed E-state index contributed by atoms with van der Waals surface area (Å²) in [6, 6.07) is 5.66. The Morgan fingerprint density at radius 2 is 2.28 bits per heavy atom. The maximum Gasteiger partial charge on any atom is 0.123 e. The van der Waals surface area contributed by atoms with Crippen LogP contribution < -0.4 is 0 Å². The van der Waals surface area contributed by atoms with Crippen LogP contribution >= 0.6 is 11.6 Å². The van der Waals surface area contributed by atoms with Gasteiger partial charge in [0.25, 0.3) is 0 Å². The second-order valence-electron chi connectivity index (χ2n) is 5.35. The van der Waals surface area contributed by atoms with E-state index in [4.69, 9.17) is 11.6 Å². The van der Waals surface area contributed by atoms with Gasteiger partial charge in [-0.2, -0.15) is 0 Å². The van der Waals surface area contributed by atoms with Gasteiger partial charge in [0.05, 0.1) is 0 Å². The third-order valence-corrected chi connectivity index (χ3v) is 3.95. The van der Waals surface area contributed by atoms with Crippen LogP contribution in [0, 0.1) is 12.7 Å². The van der Waals surface area contributed by atoms with E-state index < -0.39 is 0 Å². The van der Waals surface area contributed by atoms with E-state index in [1.54, 1.807) is 12.1 Å². The van der Waals surface area contributed by atoms with Crippen LogP contribution in [-0.4, -0.2) is 22.9 Å². The van der Waals surface area contributed by atoms with Crippen LogP contribution in [0.1, 0.15) is 37.3 Å². The lowest BCUT2D eigenvalue weighted by atomic mass is 10.1. The van der Waals surface area contributed by atoms with Crippen LogP contribution in [0.3, 0.4) is 0 Å². The summed E-state index contributed by atoms with van der Waals surface area (Å²) in [7, 11) is 0. The molecule has 2 rings (SSSR count). The molecular formula is C15H21ClFN. The lowest BCUT2D eigenvalue weighted by molar-refractivity contribution is 0.234. The normalized spacial score (nSPS) is 22.3. The molecule has 1 heterocycles. The van der Waals surface area contributed by atoms with Crippen molar-refractivity contribution < 1.29 is 4.39 Å². The van der Waals surface area contributed by atoms with E-state index in [0.717, 1.165) is 25.1 Å². The summed E-state index contributed by atoms with van der Waals surface area (Å²) in [5, 5.41) is 0.227. The zero-order chi connectivity index (χ0) is 13.1. The monoisotopic (exact) mass is 269 g/mol. The van der Waals surface area contributed by atoms with Crippen molar-refractivity contribution in [1.29, 1.82) is 0 Å². The van der Waals surface area contributed by atoms with Gasteiger partial charge in [0.1, 0.15) is 5.82 Å². The van der Waals surface area contributed by atoms with E-state index in [9.17, 15) is 4.39 Å². The van der Waals surface area contributed by atoms with Crippen molar-refractivity contribution in [1.82, 2.24) is 4.90 Å². The van der Waals surface area contributed by atoms with Gasteiger partial charge in [0.2, 0.25) is 0 Å². The topological polar surface area (TPSA) is 3.24 Å². The molecule has 0 bridgehead atoms. The molecule has 1 aliphatic rings. The molecule has 0 aromatic heterocycles. The van der Waals surface area contributed by atoms with Gasteiger partial charge in [-0.1, -0.05) is 6.07 Å². The van der Waals surface area contributed by atoms with Gasteiger partial charge in [0.15, 0.2) is 0 Å². The molecule has 0 aliphatic carbocycles. The molecule has 0 radical (unpaired) electrons. The van der Waals surface area contributed by atoms with E-state index in [0.29, 0.717) is 6.04 Å². The molecule has 1 saturated heterocycles. The van der Waals surface area contributed by atoms with Gasteiger partial charge < -0.3 is 0 Å². The Balaban J connectivity index is 2.03. The minimum Gasteiger partial charge on any atom is -0.296 e. The third kappa shape index (κ3) is 3.46. The Hall–Kier alpha value is -0.600. The first kappa shape index (κ1) is 13.8. The predicted octanol–water partition coefficient (Wildman–Crippen LogP) is 4.12. The summed E-state index contributed by atoms with van der Waals surface area (Å²) in [4.78, 5) is 2.49. The quantitative estimate of drug-likeness (QED) is 0.744. The molecule has 1 aliphatic heterocycles. The first-order valence-electron chi connectivity index (χ1n) is 6.69. The summed E-state index contributed by atoms with van der Waals surface area (Å²) in [6.07, 6.45) is 3.52. The minimum atomic E-state index is -0.149. The van der Waals surface area contributed by atoms with Crippen molar-refractivity contribution in [3.05, 3.63) is 35.1 Å². The smallest absolute Gasteiger partial charge is 0.123 e. The van der Waals surface area contributed by atoms with Gasteiger partial charge in [0, 0.05) is 18.0 Å². The second kappa shape index (κ2) is 6.03. The van der Waals surface area contributed by atoms with Gasteiger partial charge >= 0.3 is 0 Å². The number of rotatable bonds is 4. The third-order valence-electron chi connectivity index (χ3n) is 3.77.